The molecule has 0 saturated heterocycles. The molecule has 0 aliphatic carbocycles. The summed E-state index contributed by atoms with van der Waals surface area (Å²) < 4.78 is 0. The average molecular weight is 509 g/mol. The first-order chi connectivity index (χ1) is 17.0. The minimum Gasteiger partial charge on any atom is -0.354 e. The van der Waals surface area contributed by atoms with Crippen molar-refractivity contribution in [3.8, 4) is 0 Å². The van der Waals surface area contributed by atoms with E-state index < -0.39 is 6.04 Å². The molecule has 0 fully saturated rings. The van der Waals surface area contributed by atoms with Crippen molar-refractivity contribution >= 4 is 35.2 Å². The lowest BCUT2D eigenvalue weighted by molar-refractivity contribution is -0.139. The van der Waals surface area contributed by atoms with Crippen molar-refractivity contribution in [2.45, 2.75) is 45.0 Å². The molecule has 0 radical (unpaired) electrons. The number of thioether (sulfide) groups is 1. The average Bonchev–Trinajstić information content (AvgIpc) is 2.87. The Labute approximate surface area is 218 Å². The lowest BCUT2D eigenvalue weighted by atomic mass is 10.0. The smallest absolute Gasteiger partial charge is 0.243 e. The zero-order valence-electron chi connectivity index (χ0n) is 20.4. The molecule has 2 amide bonds. The van der Waals surface area contributed by atoms with Gasteiger partial charge in [-0.3, -0.25) is 9.59 Å². The first-order valence-electron chi connectivity index (χ1n) is 12.0. The second kappa shape index (κ2) is 14.0. The van der Waals surface area contributed by atoms with Crippen LogP contribution in [0.25, 0.3) is 0 Å². The van der Waals surface area contributed by atoms with E-state index in [-0.39, 0.29) is 11.8 Å². The zero-order chi connectivity index (χ0) is 25.0. The van der Waals surface area contributed by atoms with Crippen molar-refractivity contribution in [1.29, 1.82) is 0 Å². The van der Waals surface area contributed by atoms with Gasteiger partial charge in [-0.05, 0) is 47.7 Å². The Hall–Kier alpha value is -2.76. The van der Waals surface area contributed by atoms with E-state index in [1.807, 2.05) is 92.7 Å². The summed E-state index contributed by atoms with van der Waals surface area (Å²) in [5.41, 5.74) is 4.29. The van der Waals surface area contributed by atoms with Gasteiger partial charge in [-0.15, -0.1) is 11.8 Å². The predicted octanol–water partition coefficient (Wildman–Crippen LogP) is 6.05. The largest absolute Gasteiger partial charge is 0.354 e. The van der Waals surface area contributed by atoms with E-state index >= 15 is 0 Å². The number of rotatable bonds is 12. The lowest BCUT2D eigenvalue weighted by Gasteiger charge is -2.32. The molecular formula is C29H33ClN2O2S. The van der Waals surface area contributed by atoms with Crippen LogP contribution in [0, 0.1) is 6.92 Å². The summed E-state index contributed by atoms with van der Waals surface area (Å²) in [7, 11) is 0. The monoisotopic (exact) mass is 508 g/mol. The van der Waals surface area contributed by atoms with Gasteiger partial charge in [0.2, 0.25) is 11.8 Å². The van der Waals surface area contributed by atoms with E-state index in [1.54, 1.807) is 16.7 Å². The van der Waals surface area contributed by atoms with Crippen LogP contribution in [0.4, 0.5) is 0 Å². The van der Waals surface area contributed by atoms with Gasteiger partial charge >= 0.3 is 0 Å². The number of aryl methyl sites for hydroxylation is 1. The molecule has 0 heterocycles. The Kier molecular flexibility index (Phi) is 10.7. The number of benzene rings is 3. The topological polar surface area (TPSA) is 49.4 Å². The summed E-state index contributed by atoms with van der Waals surface area (Å²) in [5.74, 6) is 0.841. The molecule has 0 bridgehead atoms. The molecule has 4 nitrogen and oxygen atoms in total. The summed E-state index contributed by atoms with van der Waals surface area (Å²) in [6, 6.07) is 25.0. The van der Waals surface area contributed by atoms with Crippen LogP contribution in [0.2, 0.25) is 5.02 Å². The van der Waals surface area contributed by atoms with Gasteiger partial charge in [0.15, 0.2) is 0 Å². The number of nitrogens with zero attached hydrogens (tertiary/aromatic N) is 1. The molecule has 1 N–H and O–H groups in total. The van der Waals surface area contributed by atoms with Crippen molar-refractivity contribution < 1.29 is 9.59 Å². The van der Waals surface area contributed by atoms with E-state index in [4.69, 9.17) is 11.6 Å². The maximum absolute atomic E-state index is 13.6. The van der Waals surface area contributed by atoms with Gasteiger partial charge in [0.25, 0.3) is 0 Å². The standard InChI is InChI=1S/C29H33ClN2O2S/c1-3-17-31-29(34)27(18-23-10-5-4-6-11-23)32(19-25-12-8-7-9-22(25)2)28(33)21-35-20-24-13-15-26(30)16-14-24/h4-16,27H,3,17-21H2,1-2H3,(H,31,34)/t27-/m1/s1. The summed E-state index contributed by atoms with van der Waals surface area (Å²) >= 11 is 7.54. The van der Waals surface area contributed by atoms with Gasteiger partial charge in [0.05, 0.1) is 5.75 Å². The van der Waals surface area contributed by atoms with Crippen LogP contribution in [-0.2, 0) is 28.3 Å². The SMILES string of the molecule is CCCNC(=O)[C@@H](Cc1ccccc1)N(Cc1ccccc1C)C(=O)CSCc1ccc(Cl)cc1. The van der Waals surface area contributed by atoms with Gasteiger partial charge in [0, 0.05) is 30.3 Å². The highest BCUT2D eigenvalue weighted by atomic mass is 35.5. The number of hydrogen-bond acceptors (Lipinski definition) is 3. The van der Waals surface area contributed by atoms with Crippen molar-refractivity contribution in [2.24, 2.45) is 0 Å². The number of nitrogens with one attached hydrogen (secondary N) is 1. The molecule has 184 valence electrons. The van der Waals surface area contributed by atoms with E-state index in [1.165, 1.54) is 0 Å². The number of halogens is 1. The fourth-order valence-electron chi connectivity index (χ4n) is 3.81. The van der Waals surface area contributed by atoms with Crippen LogP contribution in [0.15, 0.2) is 78.9 Å². The first kappa shape index (κ1) is 26.8. The lowest BCUT2D eigenvalue weighted by Crippen LogP contribution is -2.51. The molecule has 1 atom stereocenters. The van der Waals surface area contributed by atoms with Gasteiger partial charge in [-0.2, -0.15) is 0 Å². The highest BCUT2D eigenvalue weighted by Crippen LogP contribution is 2.20. The molecule has 35 heavy (non-hydrogen) atoms. The molecular weight excluding hydrogens is 476 g/mol. The van der Waals surface area contributed by atoms with Crippen molar-refractivity contribution in [2.75, 3.05) is 12.3 Å². The molecule has 3 aromatic carbocycles. The van der Waals surface area contributed by atoms with Crippen molar-refractivity contribution in [3.63, 3.8) is 0 Å². The van der Waals surface area contributed by atoms with E-state index in [2.05, 4.69) is 5.32 Å². The summed E-state index contributed by atoms with van der Waals surface area (Å²) in [5, 5.41) is 3.72. The third-order valence-corrected chi connectivity index (χ3v) is 7.07. The van der Waals surface area contributed by atoms with Crippen LogP contribution in [0.3, 0.4) is 0 Å². The fraction of sp³-hybridized carbons (Fsp3) is 0.310. The minimum absolute atomic E-state index is 0.0419. The molecule has 0 spiro atoms. The minimum atomic E-state index is -0.591. The number of carbonyl (C=O) groups is 2. The Morgan fingerprint density at radius 1 is 0.943 bits per heavy atom. The third-order valence-electron chi connectivity index (χ3n) is 5.83. The second-order valence-electron chi connectivity index (χ2n) is 8.56. The normalized spacial score (nSPS) is 11.6. The quantitative estimate of drug-likeness (QED) is 0.324. The van der Waals surface area contributed by atoms with Crippen LogP contribution in [0.5, 0.6) is 0 Å². The van der Waals surface area contributed by atoms with Gasteiger partial charge < -0.3 is 10.2 Å². The predicted molar refractivity (Wildman–Crippen MR) is 147 cm³/mol. The third kappa shape index (κ3) is 8.44. The fourth-order valence-corrected chi connectivity index (χ4v) is 4.81. The van der Waals surface area contributed by atoms with E-state index in [9.17, 15) is 9.59 Å². The Balaban J connectivity index is 1.83. The summed E-state index contributed by atoms with van der Waals surface area (Å²) in [6.07, 6.45) is 1.31. The maximum atomic E-state index is 13.6. The summed E-state index contributed by atoms with van der Waals surface area (Å²) in [6.45, 7) is 5.04. The van der Waals surface area contributed by atoms with Crippen molar-refractivity contribution in [3.05, 3.63) is 106 Å². The second-order valence-corrected chi connectivity index (χ2v) is 9.99. The maximum Gasteiger partial charge on any atom is 0.243 e. The highest BCUT2D eigenvalue weighted by molar-refractivity contribution is 7.99. The zero-order valence-corrected chi connectivity index (χ0v) is 21.9. The molecule has 3 rings (SSSR count). The highest BCUT2D eigenvalue weighted by Gasteiger charge is 2.30. The van der Waals surface area contributed by atoms with Crippen LogP contribution in [0.1, 0.15) is 35.6 Å². The number of carbonyl (C=O) groups excluding carboxylic acids is 2. The van der Waals surface area contributed by atoms with Gasteiger partial charge in [0.1, 0.15) is 6.04 Å². The molecule has 0 unspecified atom stereocenters. The van der Waals surface area contributed by atoms with Gasteiger partial charge in [-0.25, -0.2) is 0 Å². The van der Waals surface area contributed by atoms with E-state index in [0.29, 0.717) is 36.0 Å². The van der Waals surface area contributed by atoms with Crippen LogP contribution in [-0.4, -0.2) is 35.1 Å². The van der Waals surface area contributed by atoms with Gasteiger partial charge in [-0.1, -0.05) is 85.3 Å². The molecule has 0 aliphatic rings. The Bertz CT molecular complexity index is 1090. The molecule has 6 heteroatoms. The van der Waals surface area contributed by atoms with Crippen molar-refractivity contribution in [1.82, 2.24) is 10.2 Å². The molecule has 0 aliphatic heterocycles. The van der Waals surface area contributed by atoms with Crippen LogP contribution >= 0.6 is 23.4 Å². The molecule has 0 saturated carbocycles. The number of amides is 2. The molecule has 3 aromatic rings. The number of hydrogen-bond donors (Lipinski definition) is 1. The molecule has 0 aromatic heterocycles. The Morgan fingerprint density at radius 2 is 1.63 bits per heavy atom. The first-order valence-corrected chi connectivity index (χ1v) is 13.5. The Morgan fingerprint density at radius 3 is 2.31 bits per heavy atom. The van der Waals surface area contributed by atoms with E-state index in [0.717, 1.165) is 28.7 Å². The summed E-state index contributed by atoms with van der Waals surface area (Å²) in [4.78, 5) is 28.7. The van der Waals surface area contributed by atoms with Crippen LogP contribution < -0.4 is 5.32 Å².